The maximum absolute atomic E-state index is 8.55. The Hall–Kier alpha value is -1.16. The summed E-state index contributed by atoms with van der Waals surface area (Å²) in [4.78, 5) is 1.27. The summed E-state index contributed by atoms with van der Waals surface area (Å²) in [7, 11) is 0. The number of oxime groups is 1. The highest BCUT2D eigenvalue weighted by molar-refractivity contribution is 8.00. The molecule has 0 aromatic heterocycles. The van der Waals surface area contributed by atoms with E-state index >= 15 is 0 Å². The molecular weight excluding hydrogens is 220 g/mol. The molecule has 1 fully saturated rings. The van der Waals surface area contributed by atoms with Gasteiger partial charge in [0, 0.05) is 15.7 Å². The topological polar surface area (TPSA) is 58.6 Å². The van der Waals surface area contributed by atoms with Crippen LogP contribution in [0, 0.1) is 0 Å². The molecule has 1 aromatic carbocycles. The van der Waals surface area contributed by atoms with Crippen molar-refractivity contribution in [1.82, 2.24) is 0 Å². The third kappa shape index (κ3) is 2.70. The number of nitrogens with zero attached hydrogens (tertiary/aromatic N) is 1. The average Bonchev–Trinajstić information content (AvgIpc) is 2.82. The first-order valence-electron chi connectivity index (χ1n) is 5.54. The van der Waals surface area contributed by atoms with Crippen molar-refractivity contribution in [2.75, 3.05) is 0 Å². The maximum Gasteiger partial charge on any atom is 0.170 e. The fraction of sp³-hybridized carbons (Fsp3) is 0.417. The lowest BCUT2D eigenvalue weighted by Gasteiger charge is -2.08. The molecule has 0 aliphatic heterocycles. The number of nitrogens with two attached hydrogens (primary N) is 1. The van der Waals surface area contributed by atoms with Gasteiger partial charge in [-0.05, 0) is 25.0 Å². The van der Waals surface area contributed by atoms with E-state index < -0.39 is 0 Å². The van der Waals surface area contributed by atoms with E-state index in [9.17, 15) is 0 Å². The Labute approximate surface area is 99.7 Å². The lowest BCUT2D eigenvalue weighted by atomic mass is 10.2. The second kappa shape index (κ2) is 5.25. The molecule has 0 atom stereocenters. The van der Waals surface area contributed by atoms with E-state index in [1.54, 1.807) is 0 Å². The van der Waals surface area contributed by atoms with Gasteiger partial charge < -0.3 is 10.9 Å². The van der Waals surface area contributed by atoms with Gasteiger partial charge in [-0.25, -0.2) is 0 Å². The summed E-state index contributed by atoms with van der Waals surface area (Å²) in [6, 6.07) is 7.87. The molecule has 0 saturated heterocycles. The monoisotopic (exact) mass is 236 g/mol. The first-order chi connectivity index (χ1) is 7.79. The average molecular weight is 236 g/mol. The second-order valence-corrected chi connectivity index (χ2v) is 5.41. The van der Waals surface area contributed by atoms with E-state index in [1.807, 2.05) is 36.0 Å². The Morgan fingerprint density at radius 1 is 1.25 bits per heavy atom. The van der Waals surface area contributed by atoms with Crippen LogP contribution in [0.5, 0.6) is 0 Å². The molecule has 4 heteroatoms. The van der Waals surface area contributed by atoms with Crippen LogP contribution in [-0.4, -0.2) is 16.3 Å². The van der Waals surface area contributed by atoms with Crippen molar-refractivity contribution in [1.29, 1.82) is 0 Å². The van der Waals surface area contributed by atoms with E-state index in [2.05, 4.69) is 5.16 Å². The third-order valence-electron chi connectivity index (χ3n) is 2.86. The van der Waals surface area contributed by atoms with Gasteiger partial charge in [0.1, 0.15) is 0 Å². The van der Waals surface area contributed by atoms with Crippen LogP contribution in [0.3, 0.4) is 0 Å². The standard InChI is InChI=1S/C12H16N2OS/c13-12(14-15)9-5-7-11(8-6-9)16-10-3-1-2-4-10/h5-8,10,15H,1-4H2,(H2,13,14). The van der Waals surface area contributed by atoms with Crippen molar-refractivity contribution in [3.8, 4) is 0 Å². The predicted octanol–water partition coefficient (Wildman–Crippen LogP) is 2.82. The van der Waals surface area contributed by atoms with Crippen LogP contribution >= 0.6 is 11.8 Å². The number of benzene rings is 1. The second-order valence-electron chi connectivity index (χ2n) is 4.03. The molecule has 0 spiro atoms. The molecule has 0 heterocycles. The molecule has 0 unspecified atom stereocenters. The SMILES string of the molecule is NC(=NO)c1ccc(SC2CCCC2)cc1. The van der Waals surface area contributed by atoms with Crippen LogP contribution in [0.25, 0.3) is 0 Å². The molecule has 0 bridgehead atoms. The molecule has 3 nitrogen and oxygen atoms in total. The predicted molar refractivity (Wildman–Crippen MR) is 67.1 cm³/mol. The van der Waals surface area contributed by atoms with Gasteiger partial charge in [0.15, 0.2) is 5.84 Å². The van der Waals surface area contributed by atoms with Gasteiger partial charge in [-0.1, -0.05) is 30.1 Å². The molecule has 0 radical (unpaired) electrons. The quantitative estimate of drug-likeness (QED) is 0.367. The van der Waals surface area contributed by atoms with E-state index in [1.165, 1.54) is 30.6 Å². The van der Waals surface area contributed by atoms with Crippen LogP contribution in [0.1, 0.15) is 31.2 Å². The molecule has 16 heavy (non-hydrogen) atoms. The van der Waals surface area contributed by atoms with E-state index in [0.29, 0.717) is 0 Å². The number of rotatable bonds is 3. The molecule has 0 amide bonds. The van der Waals surface area contributed by atoms with Crippen LogP contribution in [0.15, 0.2) is 34.3 Å². The Bertz CT molecular complexity index is 369. The number of amidine groups is 1. The van der Waals surface area contributed by atoms with Crippen LogP contribution in [0.4, 0.5) is 0 Å². The smallest absolute Gasteiger partial charge is 0.170 e. The summed E-state index contributed by atoms with van der Waals surface area (Å²) in [5.74, 6) is 0.164. The van der Waals surface area contributed by atoms with Gasteiger partial charge in [0.25, 0.3) is 0 Å². The molecule has 2 rings (SSSR count). The summed E-state index contributed by atoms with van der Waals surface area (Å²) in [6.07, 6.45) is 5.37. The van der Waals surface area contributed by atoms with Crippen LogP contribution in [-0.2, 0) is 0 Å². The molecule has 1 saturated carbocycles. The molecule has 1 aliphatic rings. The first-order valence-corrected chi connectivity index (χ1v) is 6.42. The Balaban J connectivity index is 2.01. The van der Waals surface area contributed by atoms with Gasteiger partial charge in [-0.2, -0.15) is 0 Å². The maximum atomic E-state index is 8.55. The molecule has 86 valence electrons. The normalized spacial score (nSPS) is 17.9. The zero-order chi connectivity index (χ0) is 11.4. The van der Waals surface area contributed by atoms with Crippen molar-refractivity contribution in [2.24, 2.45) is 10.9 Å². The lowest BCUT2D eigenvalue weighted by Crippen LogP contribution is -2.12. The summed E-state index contributed by atoms with van der Waals surface area (Å²) < 4.78 is 0. The first kappa shape index (κ1) is 11.3. The minimum atomic E-state index is 0.164. The number of hydrogen-bond acceptors (Lipinski definition) is 3. The highest BCUT2D eigenvalue weighted by atomic mass is 32.2. The molecule has 1 aromatic rings. The van der Waals surface area contributed by atoms with E-state index in [4.69, 9.17) is 10.9 Å². The highest BCUT2D eigenvalue weighted by Crippen LogP contribution is 2.34. The summed E-state index contributed by atoms with van der Waals surface area (Å²) in [5, 5.41) is 12.3. The van der Waals surface area contributed by atoms with Crippen molar-refractivity contribution in [3.05, 3.63) is 29.8 Å². The minimum Gasteiger partial charge on any atom is -0.409 e. The number of thioether (sulfide) groups is 1. The highest BCUT2D eigenvalue weighted by Gasteiger charge is 2.15. The van der Waals surface area contributed by atoms with Gasteiger partial charge in [0.05, 0.1) is 0 Å². The summed E-state index contributed by atoms with van der Waals surface area (Å²) in [5.41, 5.74) is 6.26. The zero-order valence-corrected chi connectivity index (χ0v) is 9.91. The zero-order valence-electron chi connectivity index (χ0n) is 9.10. The third-order valence-corrected chi connectivity index (χ3v) is 4.21. The van der Waals surface area contributed by atoms with Crippen molar-refractivity contribution >= 4 is 17.6 Å². The molecule has 1 aliphatic carbocycles. The number of hydrogen-bond donors (Lipinski definition) is 2. The molecule has 3 N–H and O–H groups in total. The fourth-order valence-electron chi connectivity index (χ4n) is 1.96. The fourth-order valence-corrected chi connectivity index (χ4v) is 3.21. The summed E-state index contributed by atoms with van der Waals surface area (Å²) in [6.45, 7) is 0. The molecular formula is C12H16N2OS. The summed E-state index contributed by atoms with van der Waals surface area (Å²) >= 11 is 1.94. The Morgan fingerprint density at radius 3 is 2.44 bits per heavy atom. The van der Waals surface area contributed by atoms with Gasteiger partial charge in [-0.15, -0.1) is 11.8 Å². The van der Waals surface area contributed by atoms with E-state index in [0.717, 1.165) is 10.8 Å². The van der Waals surface area contributed by atoms with Crippen LogP contribution < -0.4 is 5.73 Å². The van der Waals surface area contributed by atoms with Crippen molar-refractivity contribution < 1.29 is 5.21 Å². The minimum absolute atomic E-state index is 0.164. The van der Waals surface area contributed by atoms with Crippen LogP contribution in [0.2, 0.25) is 0 Å². The Morgan fingerprint density at radius 2 is 1.88 bits per heavy atom. The van der Waals surface area contributed by atoms with Gasteiger partial charge in [-0.3, -0.25) is 0 Å². The van der Waals surface area contributed by atoms with Crippen molar-refractivity contribution in [2.45, 2.75) is 35.8 Å². The Kier molecular flexibility index (Phi) is 3.72. The van der Waals surface area contributed by atoms with Gasteiger partial charge in [0.2, 0.25) is 0 Å². The van der Waals surface area contributed by atoms with Gasteiger partial charge >= 0.3 is 0 Å². The largest absolute Gasteiger partial charge is 0.409 e. The van der Waals surface area contributed by atoms with Crippen molar-refractivity contribution in [3.63, 3.8) is 0 Å². The van der Waals surface area contributed by atoms with E-state index in [-0.39, 0.29) is 5.84 Å². The lowest BCUT2D eigenvalue weighted by molar-refractivity contribution is 0.318.